The molecule has 2 aromatic carbocycles. The third-order valence-electron chi connectivity index (χ3n) is 4.79. The lowest BCUT2D eigenvalue weighted by atomic mass is 10.1. The molecule has 2 heterocycles. The van der Waals surface area contributed by atoms with Crippen LogP contribution in [0, 0.1) is 0 Å². The predicted octanol–water partition coefficient (Wildman–Crippen LogP) is 2.81. The zero-order valence-electron chi connectivity index (χ0n) is 15.7. The van der Waals surface area contributed by atoms with Crippen LogP contribution in [-0.2, 0) is 7.05 Å². The van der Waals surface area contributed by atoms with Crippen molar-refractivity contribution in [3.05, 3.63) is 70.9 Å². The van der Waals surface area contributed by atoms with Gasteiger partial charge in [-0.3, -0.25) is 14.3 Å². The fourth-order valence-electron chi connectivity index (χ4n) is 3.21. The smallest absolute Gasteiger partial charge is 0.276 e. The summed E-state index contributed by atoms with van der Waals surface area (Å²) in [6.45, 7) is 0.605. The second-order valence-electron chi connectivity index (χ2n) is 6.92. The molecular weight excluding hydrogens is 392 g/mol. The molecule has 3 aromatic rings. The molecule has 7 nitrogen and oxygen atoms in total. The average molecular weight is 411 g/mol. The minimum Gasteiger partial charge on any atom is -0.389 e. The van der Waals surface area contributed by atoms with Crippen LogP contribution < -0.4 is 5.32 Å². The third kappa shape index (κ3) is 3.87. The normalized spacial score (nSPS) is 13.8. The molecule has 1 aliphatic heterocycles. The van der Waals surface area contributed by atoms with Crippen LogP contribution in [0.2, 0.25) is 5.02 Å². The molecule has 8 heteroatoms. The average Bonchev–Trinajstić information content (AvgIpc) is 3.08. The van der Waals surface area contributed by atoms with E-state index in [1.165, 1.54) is 11.0 Å². The standard InChI is InChI=1S/C21H19ClN4O3/c1-25-19(13-5-3-2-4-6-13)10-18(24-25)20(28)23-14-7-8-16(17(22)9-14)21(29)26-11-15(27)12-26/h2-10,15,27H,11-12H2,1H3,(H,23,28). The Hall–Kier alpha value is -3.16. The first-order chi connectivity index (χ1) is 13.9. The minimum atomic E-state index is -0.476. The lowest BCUT2D eigenvalue weighted by Gasteiger charge is -2.36. The summed E-state index contributed by atoms with van der Waals surface area (Å²) in [5.74, 6) is -0.612. The van der Waals surface area contributed by atoms with Crippen molar-refractivity contribution >= 4 is 29.1 Å². The van der Waals surface area contributed by atoms with Crippen molar-refractivity contribution in [2.45, 2.75) is 6.10 Å². The Morgan fingerprint density at radius 1 is 1.14 bits per heavy atom. The molecule has 0 spiro atoms. The van der Waals surface area contributed by atoms with Gasteiger partial charge in [-0.15, -0.1) is 0 Å². The number of benzene rings is 2. The van der Waals surface area contributed by atoms with E-state index in [2.05, 4.69) is 10.4 Å². The number of halogens is 1. The molecule has 0 bridgehead atoms. The number of carbonyl (C=O) groups excluding carboxylic acids is 2. The molecule has 0 radical (unpaired) electrons. The number of likely N-dealkylation sites (tertiary alicyclic amines) is 1. The van der Waals surface area contributed by atoms with Gasteiger partial charge < -0.3 is 15.3 Å². The van der Waals surface area contributed by atoms with Crippen molar-refractivity contribution in [3.8, 4) is 11.3 Å². The number of aromatic nitrogens is 2. The van der Waals surface area contributed by atoms with Gasteiger partial charge in [0, 0.05) is 25.8 Å². The van der Waals surface area contributed by atoms with Crippen molar-refractivity contribution in [1.29, 1.82) is 0 Å². The van der Waals surface area contributed by atoms with Gasteiger partial charge >= 0.3 is 0 Å². The van der Waals surface area contributed by atoms with Crippen molar-refractivity contribution < 1.29 is 14.7 Å². The molecule has 1 aliphatic rings. The van der Waals surface area contributed by atoms with E-state index in [0.717, 1.165) is 11.3 Å². The number of hydrogen-bond donors (Lipinski definition) is 2. The Balaban J connectivity index is 1.49. The van der Waals surface area contributed by atoms with Crippen LogP contribution in [0.5, 0.6) is 0 Å². The number of rotatable bonds is 4. The van der Waals surface area contributed by atoms with E-state index in [-0.39, 0.29) is 22.5 Å². The SMILES string of the molecule is Cn1nc(C(=O)Nc2ccc(C(=O)N3CC(O)C3)c(Cl)c2)cc1-c1ccccc1. The number of carbonyl (C=O) groups is 2. The molecule has 2 N–H and O–H groups in total. The monoisotopic (exact) mass is 410 g/mol. The van der Waals surface area contributed by atoms with Gasteiger partial charge in [0.05, 0.1) is 22.4 Å². The van der Waals surface area contributed by atoms with Gasteiger partial charge in [0.1, 0.15) is 0 Å². The van der Waals surface area contributed by atoms with E-state index in [0.29, 0.717) is 24.3 Å². The van der Waals surface area contributed by atoms with Gasteiger partial charge in [0.2, 0.25) is 0 Å². The van der Waals surface area contributed by atoms with Crippen molar-refractivity contribution in [1.82, 2.24) is 14.7 Å². The number of aryl methyl sites for hydroxylation is 1. The van der Waals surface area contributed by atoms with Crippen LogP contribution in [-0.4, -0.2) is 50.8 Å². The molecule has 148 valence electrons. The Kier molecular flexibility index (Phi) is 5.08. The highest BCUT2D eigenvalue weighted by Crippen LogP contribution is 2.25. The first kappa shape index (κ1) is 19.2. The summed E-state index contributed by atoms with van der Waals surface area (Å²) in [5.41, 5.74) is 2.86. The van der Waals surface area contributed by atoms with Gasteiger partial charge in [0.15, 0.2) is 5.69 Å². The largest absolute Gasteiger partial charge is 0.389 e. The fourth-order valence-corrected chi connectivity index (χ4v) is 3.47. The Morgan fingerprint density at radius 3 is 2.52 bits per heavy atom. The van der Waals surface area contributed by atoms with Gasteiger partial charge in [0.25, 0.3) is 11.8 Å². The van der Waals surface area contributed by atoms with E-state index in [1.54, 1.807) is 29.9 Å². The molecule has 0 aliphatic carbocycles. The maximum atomic E-state index is 12.6. The summed E-state index contributed by atoms with van der Waals surface area (Å²) in [5, 5.41) is 16.6. The summed E-state index contributed by atoms with van der Waals surface area (Å²) >= 11 is 6.24. The van der Waals surface area contributed by atoms with Gasteiger partial charge in [-0.05, 0) is 29.8 Å². The topological polar surface area (TPSA) is 87.5 Å². The Morgan fingerprint density at radius 2 is 1.86 bits per heavy atom. The second kappa shape index (κ2) is 7.69. The van der Waals surface area contributed by atoms with Gasteiger partial charge in [-0.2, -0.15) is 5.10 Å². The number of nitrogens with one attached hydrogen (secondary N) is 1. The third-order valence-corrected chi connectivity index (χ3v) is 5.10. The first-order valence-corrected chi connectivity index (χ1v) is 9.48. The number of amides is 2. The molecule has 1 aromatic heterocycles. The van der Waals surface area contributed by atoms with E-state index < -0.39 is 6.10 Å². The van der Waals surface area contributed by atoms with Crippen LogP contribution in [0.15, 0.2) is 54.6 Å². The number of hydrogen-bond acceptors (Lipinski definition) is 4. The number of nitrogens with zero attached hydrogens (tertiary/aromatic N) is 3. The van der Waals surface area contributed by atoms with Gasteiger partial charge in [-0.25, -0.2) is 0 Å². The maximum absolute atomic E-state index is 12.6. The highest BCUT2D eigenvalue weighted by Gasteiger charge is 2.30. The lowest BCUT2D eigenvalue weighted by Crippen LogP contribution is -2.53. The number of aliphatic hydroxyl groups excluding tert-OH is 1. The van der Waals surface area contributed by atoms with Crippen LogP contribution >= 0.6 is 11.6 Å². The van der Waals surface area contributed by atoms with E-state index >= 15 is 0 Å². The Bertz CT molecular complexity index is 1070. The Labute approximate surface area is 172 Å². The van der Waals surface area contributed by atoms with Crippen molar-refractivity contribution in [2.24, 2.45) is 7.05 Å². The zero-order chi connectivity index (χ0) is 20.5. The molecule has 1 fully saturated rings. The molecule has 0 atom stereocenters. The summed E-state index contributed by atoms with van der Waals surface area (Å²) in [4.78, 5) is 26.5. The molecule has 1 saturated heterocycles. The maximum Gasteiger partial charge on any atom is 0.276 e. The van der Waals surface area contributed by atoms with Gasteiger partial charge in [-0.1, -0.05) is 41.9 Å². The quantitative estimate of drug-likeness (QED) is 0.692. The second-order valence-corrected chi connectivity index (χ2v) is 7.32. The predicted molar refractivity (Wildman–Crippen MR) is 110 cm³/mol. The number of aliphatic hydroxyl groups is 1. The lowest BCUT2D eigenvalue weighted by molar-refractivity contribution is 0.00591. The molecule has 2 amide bonds. The van der Waals surface area contributed by atoms with E-state index in [4.69, 9.17) is 11.6 Å². The summed E-state index contributed by atoms with van der Waals surface area (Å²) < 4.78 is 1.65. The molecule has 29 heavy (non-hydrogen) atoms. The van der Waals surface area contributed by atoms with Crippen molar-refractivity contribution in [3.63, 3.8) is 0 Å². The number of β-amino-alcohol motifs (C(OH)–C–C–N with tert-alkyl or cyclic N) is 1. The first-order valence-electron chi connectivity index (χ1n) is 9.10. The van der Waals surface area contributed by atoms with E-state index in [9.17, 15) is 14.7 Å². The highest BCUT2D eigenvalue weighted by molar-refractivity contribution is 6.34. The minimum absolute atomic E-state index is 0.236. The van der Waals surface area contributed by atoms with Crippen LogP contribution in [0.4, 0.5) is 5.69 Å². The molecule has 0 saturated carbocycles. The zero-order valence-corrected chi connectivity index (χ0v) is 16.4. The van der Waals surface area contributed by atoms with Crippen molar-refractivity contribution in [2.75, 3.05) is 18.4 Å². The molecule has 0 unspecified atom stereocenters. The van der Waals surface area contributed by atoms with Crippen LogP contribution in [0.25, 0.3) is 11.3 Å². The van der Waals surface area contributed by atoms with Crippen LogP contribution in [0.1, 0.15) is 20.8 Å². The molecular formula is C21H19ClN4O3. The fraction of sp³-hybridized carbons (Fsp3) is 0.190. The highest BCUT2D eigenvalue weighted by atomic mass is 35.5. The number of anilines is 1. The summed E-state index contributed by atoms with van der Waals surface area (Å²) in [7, 11) is 1.78. The van der Waals surface area contributed by atoms with Crippen LogP contribution in [0.3, 0.4) is 0 Å². The molecule has 4 rings (SSSR count). The van der Waals surface area contributed by atoms with E-state index in [1.807, 2.05) is 30.3 Å². The summed E-state index contributed by atoms with van der Waals surface area (Å²) in [6.07, 6.45) is -0.476. The summed E-state index contributed by atoms with van der Waals surface area (Å²) in [6, 6.07) is 16.1.